The first kappa shape index (κ1) is 74.0. The van der Waals surface area contributed by atoms with E-state index in [2.05, 4.69) is 62.5 Å². The maximum Gasteiger partial charge on any atom is 0.472 e. The van der Waals surface area contributed by atoms with Crippen LogP contribution in [0.15, 0.2) is 48.6 Å². The largest absolute Gasteiger partial charge is 0.472 e. The summed E-state index contributed by atoms with van der Waals surface area (Å²) in [4.78, 5) is 35.8. The Hall–Kier alpha value is -2.03. The number of esters is 2. The maximum absolute atomic E-state index is 12.8. The predicted octanol–water partition coefficient (Wildman–Crippen LogP) is 20.5. The molecule has 0 aliphatic rings. The Morgan fingerprint density at radius 1 is 0.408 bits per heavy atom. The first-order valence-electron chi connectivity index (χ1n) is 32.4. The van der Waals surface area contributed by atoms with Crippen LogP contribution in [0, 0.1) is 0 Å². The van der Waals surface area contributed by atoms with Gasteiger partial charge in [-0.15, -0.1) is 0 Å². The monoisotopic (exact) mass is 1090 g/mol. The molecule has 0 amide bonds. The van der Waals surface area contributed by atoms with Gasteiger partial charge >= 0.3 is 19.8 Å². The van der Waals surface area contributed by atoms with Gasteiger partial charge in [0.25, 0.3) is 0 Å². The SMILES string of the molecule is CCCCCCC/C=C\C/C=C\C/C=C\CCCCCCCCCCCCCCCCCCCCC(=O)OC(COC(=O)CCCCCCCCCCC/C=C\CCCCCCCC)COP(=O)(O)OCC[N+](C)(C)C. The molecule has 0 aliphatic carbocycles. The lowest BCUT2D eigenvalue weighted by Crippen LogP contribution is -2.37. The fourth-order valence-corrected chi connectivity index (χ4v) is 10.1. The zero-order chi connectivity index (χ0) is 55.6. The van der Waals surface area contributed by atoms with Crippen LogP contribution in [-0.2, 0) is 32.7 Å². The fourth-order valence-electron chi connectivity index (χ4n) is 9.31. The number of hydrogen-bond donors (Lipinski definition) is 1. The molecule has 1 N–H and O–H groups in total. The van der Waals surface area contributed by atoms with E-state index in [9.17, 15) is 19.0 Å². The van der Waals surface area contributed by atoms with Crippen molar-refractivity contribution in [2.24, 2.45) is 0 Å². The molecule has 2 atom stereocenters. The van der Waals surface area contributed by atoms with E-state index in [1.54, 1.807) is 0 Å². The molecule has 446 valence electrons. The summed E-state index contributed by atoms with van der Waals surface area (Å²) in [5.41, 5.74) is 0. The van der Waals surface area contributed by atoms with Gasteiger partial charge < -0.3 is 18.9 Å². The Morgan fingerprint density at radius 2 is 0.711 bits per heavy atom. The van der Waals surface area contributed by atoms with Gasteiger partial charge in [-0.05, 0) is 77.0 Å². The highest BCUT2D eigenvalue weighted by atomic mass is 31.2. The second kappa shape index (κ2) is 57.6. The van der Waals surface area contributed by atoms with Crippen LogP contribution < -0.4 is 0 Å². The van der Waals surface area contributed by atoms with Crippen LogP contribution in [0.5, 0.6) is 0 Å². The summed E-state index contributed by atoms with van der Waals surface area (Å²) in [6.45, 7) is 4.46. The lowest BCUT2D eigenvalue weighted by atomic mass is 10.0. The maximum atomic E-state index is 12.8. The molecule has 76 heavy (non-hydrogen) atoms. The van der Waals surface area contributed by atoms with Gasteiger partial charge in [-0.3, -0.25) is 18.6 Å². The lowest BCUT2D eigenvalue weighted by molar-refractivity contribution is -0.870. The molecule has 0 aromatic carbocycles. The van der Waals surface area contributed by atoms with Crippen LogP contribution in [0.2, 0.25) is 0 Å². The molecule has 10 heteroatoms. The van der Waals surface area contributed by atoms with E-state index in [-0.39, 0.29) is 32.0 Å². The van der Waals surface area contributed by atoms with Crippen molar-refractivity contribution in [2.45, 2.75) is 315 Å². The second-order valence-electron chi connectivity index (χ2n) is 23.1. The quantitative estimate of drug-likeness (QED) is 0.0211. The van der Waals surface area contributed by atoms with E-state index in [0.717, 1.165) is 44.9 Å². The van der Waals surface area contributed by atoms with Crippen molar-refractivity contribution in [2.75, 3.05) is 47.5 Å². The molecule has 0 spiro atoms. The van der Waals surface area contributed by atoms with E-state index >= 15 is 0 Å². The highest BCUT2D eigenvalue weighted by molar-refractivity contribution is 7.47. The molecule has 0 saturated heterocycles. The molecule has 0 saturated carbocycles. The van der Waals surface area contributed by atoms with Crippen LogP contribution in [0.1, 0.15) is 309 Å². The average Bonchev–Trinajstić information content (AvgIpc) is 3.38. The molecule has 0 aromatic rings. The summed E-state index contributed by atoms with van der Waals surface area (Å²) in [5.74, 6) is -0.786. The number of hydrogen-bond acceptors (Lipinski definition) is 7. The van der Waals surface area contributed by atoms with Gasteiger partial charge in [-0.1, -0.05) is 268 Å². The lowest BCUT2D eigenvalue weighted by Gasteiger charge is -2.24. The number of phosphoric ester groups is 1. The van der Waals surface area contributed by atoms with Gasteiger partial charge in [0.1, 0.15) is 19.8 Å². The van der Waals surface area contributed by atoms with Gasteiger partial charge in [-0.2, -0.15) is 0 Å². The summed E-state index contributed by atoms with van der Waals surface area (Å²) in [6.07, 6.45) is 73.4. The summed E-state index contributed by atoms with van der Waals surface area (Å²) in [5, 5.41) is 0. The number of likely N-dealkylation sites (N-methyl/N-ethyl adjacent to an activating group) is 1. The third-order valence-electron chi connectivity index (χ3n) is 14.3. The standard InChI is InChI=1S/C66H124NO8P/c1-6-8-10-12-14-16-18-20-22-24-26-27-28-29-30-31-32-33-34-35-36-37-38-39-41-43-45-47-49-51-53-55-57-59-66(69)75-64(63-74-76(70,71)73-61-60-67(3,4)5)62-72-65(68)58-56-54-52-50-48-46-44-42-40-25-23-21-19-17-15-13-11-9-7-2/h18,20-21,23-24,26,28-29,64H,6-17,19,22,25,27,30-63H2,1-5H3/p+1/b20-18-,23-21-,26-24-,29-28-. The Kier molecular flexibility index (Phi) is 56.1. The van der Waals surface area contributed by atoms with Crippen molar-refractivity contribution in [3.63, 3.8) is 0 Å². The summed E-state index contributed by atoms with van der Waals surface area (Å²) in [6, 6.07) is 0. The van der Waals surface area contributed by atoms with Crippen molar-refractivity contribution in [1.82, 2.24) is 0 Å². The molecule has 0 bridgehead atoms. The number of nitrogens with zero attached hydrogens (tertiary/aromatic N) is 1. The van der Waals surface area contributed by atoms with Gasteiger partial charge in [0, 0.05) is 12.8 Å². The number of carbonyl (C=O) groups excluding carboxylic acids is 2. The minimum absolute atomic E-state index is 0.0325. The molecule has 0 rings (SSSR count). The average molecular weight is 1090 g/mol. The topological polar surface area (TPSA) is 108 Å². The van der Waals surface area contributed by atoms with Gasteiger partial charge in [0.05, 0.1) is 27.7 Å². The molecular weight excluding hydrogens is 966 g/mol. The number of phosphoric acid groups is 1. The minimum Gasteiger partial charge on any atom is -0.462 e. The zero-order valence-corrected chi connectivity index (χ0v) is 51.6. The van der Waals surface area contributed by atoms with Crippen molar-refractivity contribution in [3.8, 4) is 0 Å². The van der Waals surface area contributed by atoms with Gasteiger partial charge in [0.15, 0.2) is 6.10 Å². The zero-order valence-electron chi connectivity index (χ0n) is 50.8. The summed E-state index contributed by atoms with van der Waals surface area (Å²) in [7, 11) is 1.49. The molecule has 0 aromatic heterocycles. The smallest absolute Gasteiger partial charge is 0.462 e. The molecule has 2 unspecified atom stereocenters. The third kappa shape index (κ3) is 61.2. The molecule has 0 radical (unpaired) electrons. The van der Waals surface area contributed by atoms with E-state index in [0.29, 0.717) is 17.4 Å². The second-order valence-corrected chi connectivity index (χ2v) is 24.6. The van der Waals surface area contributed by atoms with Crippen molar-refractivity contribution >= 4 is 19.8 Å². The third-order valence-corrected chi connectivity index (χ3v) is 15.3. The highest BCUT2D eigenvalue weighted by Gasteiger charge is 2.27. The van der Waals surface area contributed by atoms with E-state index < -0.39 is 26.5 Å². The number of unbranched alkanes of at least 4 members (excludes halogenated alkanes) is 38. The summed E-state index contributed by atoms with van der Waals surface area (Å²) >= 11 is 0. The van der Waals surface area contributed by atoms with Crippen LogP contribution in [0.3, 0.4) is 0 Å². The summed E-state index contributed by atoms with van der Waals surface area (Å²) < 4.78 is 34.6. The van der Waals surface area contributed by atoms with Crippen LogP contribution in [0.25, 0.3) is 0 Å². The van der Waals surface area contributed by atoms with E-state index in [1.807, 2.05) is 21.1 Å². The molecule has 0 fully saturated rings. The first-order chi connectivity index (χ1) is 37.0. The number of ether oxygens (including phenoxy) is 2. The van der Waals surface area contributed by atoms with Crippen molar-refractivity contribution in [3.05, 3.63) is 48.6 Å². The molecule has 0 heterocycles. The number of carbonyl (C=O) groups is 2. The first-order valence-corrected chi connectivity index (χ1v) is 33.9. The van der Waals surface area contributed by atoms with Crippen LogP contribution in [0.4, 0.5) is 0 Å². The molecular formula is C66H125NO8P+. The van der Waals surface area contributed by atoms with Gasteiger partial charge in [-0.25, -0.2) is 4.57 Å². The van der Waals surface area contributed by atoms with Gasteiger partial charge in [0.2, 0.25) is 0 Å². The number of allylic oxidation sites excluding steroid dienone is 8. The minimum atomic E-state index is -4.39. The van der Waals surface area contributed by atoms with E-state index in [4.69, 9.17) is 18.5 Å². The van der Waals surface area contributed by atoms with Crippen LogP contribution >= 0.6 is 7.82 Å². The van der Waals surface area contributed by atoms with Crippen molar-refractivity contribution < 1.29 is 42.1 Å². The van der Waals surface area contributed by atoms with E-state index in [1.165, 1.54) is 231 Å². The van der Waals surface area contributed by atoms with Crippen LogP contribution in [-0.4, -0.2) is 74.9 Å². The number of quaternary nitrogens is 1. The normalized spacial score (nSPS) is 13.5. The molecule has 9 nitrogen and oxygen atoms in total. The Labute approximate surface area is 471 Å². The molecule has 0 aliphatic heterocycles. The Bertz CT molecular complexity index is 1420. The predicted molar refractivity (Wildman–Crippen MR) is 326 cm³/mol. The van der Waals surface area contributed by atoms with Crippen molar-refractivity contribution in [1.29, 1.82) is 0 Å². The fraction of sp³-hybridized carbons (Fsp3) is 0.848. The highest BCUT2D eigenvalue weighted by Crippen LogP contribution is 2.43. The Morgan fingerprint density at radius 3 is 1.07 bits per heavy atom. The Balaban J connectivity index is 4.03. The number of rotatable bonds is 60.